The quantitative estimate of drug-likeness (QED) is 0.610. The number of aliphatic hydroxyl groups excluding tert-OH is 1. The van der Waals surface area contributed by atoms with Gasteiger partial charge in [-0.3, -0.25) is 4.90 Å². The van der Waals surface area contributed by atoms with Crippen LogP contribution < -0.4 is 0 Å². The van der Waals surface area contributed by atoms with Crippen LogP contribution in [0.2, 0.25) is 0 Å². The van der Waals surface area contributed by atoms with E-state index in [1.807, 2.05) is 13.8 Å². The zero-order valence-electron chi connectivity index (χ0n) is 16.4. The third-order valence-corrected chi connectivity index (χ3v) is 5.00. The van der Waals surface area contributed by atoms with Crippen molar-refractivity contribution in [1.82, 2.24) is 4.90 Å². The van der Waals surface area contributed by atoms with E-state index in [-0.39, 0.29) is 30.4 Å². The lowest BCUT2D eigenvalue weighted by Crippen LogP contribution is -2.47. The molecule has 1 fully saturated rings. The van der Waals surface area contributed by atoms with Gasteiger partial charge in [-0.2, -0.15) is 26.3 Å². The largest absolute Gasteiger partial charge is 0.416 e. The highest BCUT2D eigenvalue weighted by Gasteiger charge is 2.41. The molecule has 0 saturated heterocycles. The van der Waals surface area contributed by atoms with E-state index >= 15 is 0 Å². The number of ether oxygens (including phenoxy) is 1. The van der Waals surface area contributed by atoms with Crippen LogP contribution >= 0.6 is 0 Å². The molecule has 0 radical (unpaired) electrons. The molecule has 1 aliphatic carbocycles. The van der Waals surface area contributed by atoms with Crippen molar-refractivity contribution in [1.29, 1.82) is 0 Å². The lowest BCUT2D eigenvalue weighted by atomic mass is 9.91. The number of aliphatic hydroxyl groups is 1. The van der Waals surface area contributed by atoms with Crippen molar-refractivity contribution in [2.24, 2.45) is 0 Å². The molecule has 3 nitrogen and oxygen atoms in total. The number of hydrogen-bond donors (Lipinski definition) is 1. The third kappa shape index (κ3) is 7.46. The Morgan fingerprint density at radius 1 is 1.14 bits per heavy atom. The van der Waals surface area contributed by atoms with Crippen LogP contribution in [0.15, 0.2) is 24.3 Å². The van der Waals surface area contributed by atoms with Crippen molar-refractivity contribution in [3.63, 3.8) is 0 Å². The van der Waals surface area contributed by atoms with Gasteiger partial charge in [0.1, 0.15) is 0 Å². The molecule has 166 valence electrons. The molecular weight excluding hydrogens is 400 g/mol. The number of hydrogen-bond acceptors (Lipinski definition) is 3. The van der Waals surface area contributed by atoms with E-state index in [0.29, 0.717) is 12.8 Å². The van der Waals surface area contributed by atoms with Gasteiger partial charge in [-0.05, 0) is 51.2 Å². The molecule has 1 N–H and O–H groups in total. The van der Waals surface area contributed by atoms with E-state index in [0.717, 1.165) is 25.0 Å². The number of nitrogens with zero attached hydrogens (tertiary/aromatic N) is 1. The normalized spacial score (nSPS) is 22.3. The van der Waals surface area contributed by atoms with E-state index in [1.54, 1.807) is 0 Å². The molecular formula is C20H27F6NO2. The standard InChI is InChI=1S/C20H27F6NO2/c1-13(2)29-17-8-4-7-16(10-17)27(12-18(28)20(24,25)26)11-14-5-3-6-15(9-14)19(21,22)23/h3,5-6,9,13,16-18,28H,4,7-8,10-12H2,1-2H3. The second kappa shape index (κ2) is 9.66. The van der Waals surface area contributed by atoms with Crippen molar-refractivity contribution in [2.45, 2.75) is 82.8 Å². The molecule has 9 heteroatoms. The molecule has 2 rings (SSSR count). The predicted octanol–water partition coefficient (Wildman–Crippen LogP) is 5.17. The fourth-order valence-electron chi connectivity index (χ4n) is 3.71. The minimum Gasteiger partial charge on any atom is -0.382 e. The van der Waals surface area contributed by atoms with Gasteiger partial charge in [0, 0.05) is 19.1 Å². The van der Waals surface area contributed by atoms with Crippen LogP contribution in [0.3, 0.4) is 0 Å². The molecule has 0 aliphatic heterocycles. The third-order valence-electron chi connectivity index (χ3n) is 5.00. The summed E-state index contributed by atoms with van der Waals surface area (Å²) in [6.07, 6.45) is -9.46. The summed E-state index contributed by atoms with van der Waals surface area (Å²) in [4.78, 5) is 1.43. The van der Waals surface area contributed by atoms with E-state index in [4.69, 9.17) is 4.74 Å². The number of halogens is 6. The van der Waals surface area contributed by atoms with Crippen LogP contribution in [0.5, 0.6) is 0 Å². The first-order valence-electron chi connectivity index (χ1n) is 9.66. The first-order valence-corrected chi connectivity index (χ1v) is 9.66. The summed E-state index contributed by atoms with van der Waals surface area (Å²) in [6.45, 7) is 2.93. The van der Waals surface area contributed by atoms with Gasteiger partial charge in [-0.25, -0.2) is 0 Å². The molecule has 1 aliphatic rings. The number of rotatable bonds is 7. The maximum Gasteiger partial charge on any atom is 0.416 e. The van der Waals surface area contributed by atoms with Crippen LogP contribution in [-0.2, 0) is 17.5 Å². The fourth-order valence-corrected chi connectivity index (χ4v) is 3.71. The van der Waals surface area contributed by atoms with Gasteiger partial charge in [0.25, 0.3) is 0 Å². The van der Waals surface area contributed by atoms with E-state index in [2.05, 4.69) is 0 Å². The van der Waals surface area contributed by atoms with Gasteiger partial charge in [-0.15, -0.1) is 0 Å². The monoisotopic (exact) mass is 427 g/mol. The highest BCUT2D eigenvalue weighted by molar-refractivity contribution is 5.25. The summed E-state index contributed by atoms with van der Waals surface area (Å²) in [7, 11) is 0. The molecule has 1 aromatic rings. The molecule has 0 spiro atoms. The van der Waals surface area contributed by atoms with Crippen molar-refractivity contribution < 1.29 is 36.2 Å². The Morgan fingerprint density at radius 2 is 1.83 bits per heavy atom. The highest BCUT2D eigenvalue weighted by atomic mass is 19.4. The van der Waals surface area contributed by atoms with Gasteiger partial charge in [0.05, 0.1) is 17.8 Å². The topological polar surface area (TPSA) is 32.7 Å². The Labute approximate surface area is 166 Å². The smallest absolute Gasteiger partial charge is 0.382 e. The first-order chi connectivity index (χ1) is 13.4. The minimum atomic E-state index is -4.80. The van der Waals surface area contributed by atoms with Crippen molar-refractivity contribution in [3.05, 3.63) is 35.4 Å². The molecule has 3 unspecified atom stereocenters. The molecule has 0 aromatic heterocycles. The van der Waals surface area contributed by atoms with Crippen LogP contribution in [0.1, 0.15) is 50.7 Å². The fraction of sp³-hybridized carbons (Fsp3) is 0.700. The molecule has 29 heavy (non-hydrogen) atoms. The second-order valence-corrected chi connectivity index (χ2v) is 7.81. The van der Waals surface area contributed by atoms with Crippen molar-refractivity contribution in [2.75, 3.05) is 6.54 Å². The van der Waals surface area contributed by atoms with E-state index in [9.17, 15) is 31.4 Å². The van der Waals surface area contributed by atoms with Gasteiger partial charge in [-0.1, -0.05) is 18.2 Å². The summed E-state index contributed by atoms with van der Waals surface area (Å²) in [5.74, 6) is 0. The van der Waals surface area contributed by atoms with Crippen molar-refractivity contribution in [3.8, 4) is 0 Å². The van der Waals surface area contributed by atoms with Gasteiger partial charge in [0.2, 0.25) is 0 Å². The number of alkyl halides is 6. The van der Waals surface area contributed by atoms with Crippen molar-refractivity contribution >= 4 is 0 Å². The summed E-state index contributed by atoms with van der Waals surface area (Å²) < 4.78 is 83.5. The Hall–Kier alpha value is -1.32. The van der Waals surface area contributed by atoms with E-state index in [1.165, 1.54) is 17.0 Å². The Balaban J connectivity index is 2.21. The zero-order valence-corrected chi connectivity index (χ0v) is 16.4. The SMILES string of the molecule is CC(C)OC1CCCC(N(Cc2cccc(C(F)(F)F)c2)CC(O)C(F)(F)F)C1. The number of benzene rings is 1. The summed E-state index contributed by atoms with van der Waals surface area (Å²) in [6, 6.07) is 4.23. The van der Waals surface area contributed by atoms with Crippen LogP contribution in [-0.4, -0.2) is 47.1 Å². The molecule has 0 amide bonds. The van der Waals surface area contributed by atoms with Gasteiger partial charge in [0.15, 0.2) is 6.10 Å². The van der Waals surface area contributed by atoms with E-state index < -0.39 is 30.6 Å². The molecule has 3 atom stereocenters. The predicted molar refractivity (Wildman–Crippen MR) is 96.2 cm³/mol. The Bertz CT molecular complexity index is 647. The lowest BCUT2D eigenvalue weighted by molar-refractivity contribution is -0.210. The van der Waals surface area contributed by atoms with Crippen LogP contribution in [0, 0.1) is 0 Å². The molecule has 1 saturated carbocycles. The molecule has 0 heterocycles. The summed E-state index contributed by atoms with van der Waals surface area (Å²) >= 11 is 0. The summed E-state index contributed by atoms with van der Waals surface area (Å²) in [5.41, 5.74) is -0.600. The lowest BCUT2D eigenvalue weighted by Gasteiger charge is -2.39. The minimum absolute atomic E-state index is 0.0311. The second-order valence-electron chi connectivity index (χ2n) is 7.81. The average molecular weight is 427 g/mol. The van der Waals surface area contributed by atoms with Crippen LogP contribution in [0.4, 0.5) is 26.3 Å². The average Bonchev–Trinajstić information content (AvgIpc) is 2.59. The van der Waals surface area contributed by atoms with Gasteiger partial charge < -0.3 is 9.84 Å². The van der Waals surface area contributed by atoms with Gasteiger partial charge >= 0.3 is 12.4 Å². The summed E-state index contributed by atoms with van der Waals surface area (Å²) in [5, 5.41) is 9.58. The maximum atomic E-state index is 13.0. The first kappa shape index (κ1) is 24.0. The Morgan fingerprint density at radius 3 is 2.41 bits per heavy atom. The van der Waals surface area contributed by atoms with Crippen LogP contribution in [0.25, 0.3) is 0 Å². The molecule has 1 aromatic carbocycles. The maximum absolute atomic E-state index is 13.0. The zero-order chi connectivity index (χ0) is 21.8. The Kier molecular flexibility index (Phi) is 7.98. The highest BCUT2D eigenvalue weighted by Crippen LogP contribution is 2.32. The molecule has 0 bridgehead atoms.